The molecular weight excluding hydrogens is 402 g/mol. The molecule has 0 unspecified atom stereocenters. The fraction of sp³-hybridized carbons (Fsp3) is 0.300. The summed E-state index contributed by atoms with van der Waals surface area (Å²) in [4.78, 5) is 12.7. The van der Waals surface area contributed by atoms with Crippen LogP contribution < -0.4 is 4.74 Å². The average molecular weight is 420 g/mol. The lowest BCUT2D eigenvalue weighted by molar-refractivity contribution is -0.147. The number of esters is 1. The lowest BCUT2D eigenvalue weighted by Gasteiger charge is -2.09. The van der Waals surface area contributed by atoms with E-state index >= 15 is 0 Å². The minimum absolute atomic E-state index is 0.00170. The number of carbonyl (C=O) groups is 1. The van der Waals surface area contributed by atoms with Gasteiger partial charge in [-0.1, -0.05) is 23.7 Å². The number of benzene rings is 2. The molecule has 0 spiro atoms. The lowest BCUT2D eigenvalue weighted by atomic mass is 10.0. The van der Waals surface area contributed by atoms with Crippen LogP contribution in [0.25, 0.3) is 0 Å². The molecule has 0 saturated heterocycles. The van der Waals surface area contributed by atoms with Crippen LogP contribution in [0.2, 0.25) is 5.02 Å². The molecule has 2 aromatic rings. The molecule has 2 aromatic carbocycles. The number of sulfone groups is 1. The smallest absolute Gasteiger partial charge is 0.328 e. The van der Waals surface area contributed by atoms with Gasteiger partial charge in [0.05, 0.1) is 24.7 Å². The van der Waals surface area contributed by atoms with Crippen molar-refractivity contribution in [3.8, 4) is 11.8 Å². The van der Waals surface area contributed by atoms with Crippen LogP contribution in [0.3, 0.4) is 0 Å². The van der Waals surface area contributed by atoms with Gasteiger partial charge >= 0.3 is 5.97 Å². The van der Waals surface area contributed by atoms with E-state index in [1.807, 2.05) is 6.07 Å². The predicted octanol–water partition coefficient (Wildman–Crippen LogP) is 3.36. The van der Waals surface area contributed by atoms with Gasteiger partial charge < -0.3 is 9.47 Å². The van der Waals surface area contributed by atoms with Crippen LogP contribution in [0.15, 0.2) is 53.4 Å². The number of methoxy groups -OCH3 is 1. The molecule has 28 heavy (non-hydrogen) atoms. The number of hydrogen-bond acceptors (Lipinski definition) is 6. The number of ether oxygens (including phenoxy) is 2. The Morgan fingerprint density at radius 2 is 1.79 bits per heavy atom. The minimum Gasteiger partial charge on any atom is -0.497 e. The highest BCUT2D eigenvalue weighted by Gasteiger charge is 2.77. The molecule has 3 rings (SSSR count). The van der Waals surface area contributed by atoms with Crippen molar-refractivity contribution in [3.63, 3.8) is 0 Å². The number of nitrogens with zero attached hydrogens (tertiary/aromatic N) is 1. The van der Waals surface area contributed by atoms with Gasteiger partial charge in [0.1, 0.15) is 11.0 Å². The summed E-state index contributed by atoms with van der Waals surface area (Å²) in [6, 6.07) is 14.2. The highest BCUT2D eigenvalue weighted by atomic mass is 35.5. The first-order valence-corrected chi connectivity index (χ1v) is 10.5. The van der Waals surface area contributed by atoms with E-state index in [9.17, 15) is 18.5 Å². The molecule has 0 N–H and O–H groups in total. The molecule has 8 heteroatoms. The van der Waals surface area contributed by atoms with Crippen molar-refractivity contribution in [1.29, 1.82) is 5.26 Å². The Hall–Kier alpha value is -2.56. The van der Waals surface area contributed by atoms with Gasteiger partial charge in [-0.05, 0) is 48.9 Å². The molecule has 0 aromatic heterocycles. The van der Waals surface area contributed by atoms with E-state index in [-0.39, 0.29) is 11.5 Å². The standard InChI is InChI=1S/C20H18ClNO5S/c1-3-27-19(23)20(12-22)17(13-4-8-15(26-2)9-5-13)18(20)28(24,25)16-10-6-14(21)7-11-16/h4-11,17-18H,3H2,1-2H3/t17-,18+,20+/m0/s1. The highest BCUT2D eigenvalue weighted by Crippen LogP contribution is 2.64. The number of hydrogen-bond donors (Lipinski definition) is 0. The molecule has 3 atom stereocenters. The number of carbonyl (C=O) groups excluding carboxylic acids is 1. The normalized spacial score (nSPS) is 23.5. The molecule has 0 radical (unpaired) electrons. The molecule has 1 aliphatic rings. The SMILES string of the molecule is CCOC(=O)[C@@]1(C#N)[C@H](S(=O)(=O)c2ccc(Cl)cc2)[C@@H]1c1ccc(OC)cc1. The third kappa shape index (κ3) is 3.13. The van der Waals surface area contributed by atoms with E-state index in [1.165, 1.54) is 31.4 Å². The van der Waals surface area contributed by atoms with Crippen molar-refractivity contribution < 1.29 is 22.7 Å². The van der Waals surface area contributed by atoms with Crippen LogP contribution >= 0.6 is 11.6 Å². The van der Waals surface area contributed by atoms with Crippen LogP contribution in [-0.4, -0.2) is 33.4 Å². The van der Waals surface area contributed by atoms with Gasteiger partial charge in [-0.15, -0.1) is 0 Å². The van der Waals surface area contributed by atoms with Crippen molar-refractivity contribution in [3.05, 3.63) is 59.1 Å². The van der Waals surface area contributed by atoms with Crippen LogP contribution in [0, 0.1) is 16.7 Å². The molecule has 1 saturated carbocycles. The number of nitriles is 1. The van der Waals surface area contributed by atoms with Crippen LogP contribution in [-0.2, 0) is 19.4 Å². The van der Waals surface area contributed by atoms with E-state index < -0.39 is 32.4 Å². The third-order valence-electron chi connectivity index (χ3n) is 4.88. The largest absolute Gasteiger partial charge is 0.497 e. The Kier molecular flexibility index (Phi) is 5.37. The van der Waals surface area contributed by atoms with E-state index in [4.69, 9.17) is 21.1 Å². The molecule has 0 aliphatic heterocycles. The lowest BCUT2D eigenvalue weighted by Crippen LogP contribution is -2.25. The topological polar surface area (TPSA) is 93.5 Å². The molecule has 1 aliphatic carbocycles. The average Bonchev–Trinajstić information content (AvgIpc) is 3.40. The molecular formula is C20H18ClNO5S. The molecule has 0 bridgehead atoms. The molecule has 6 nitrogen and oxygen atoms in total. The Morgan fingerprint density at radius 3 is 2.29 bits per heavy atom. The second-order valence-corrected chi connectivity index (χ2v) is 8.88. The van der Waals surface area contributed by atoms with E-state index in [0.717, 1.165) is 0 Å². The first-order valence-electron chi connectivity index (χ1n) is 8.54. The van der Waals surface area contributed by atoms with E-state index in [0.29, 0.717) is 16.3 Å². The number of halogens is 1. The summed E-state index contributed by atoms with van der Waals surface area (Å²) in [5, 5.41) is 8.99. The zero-order valence-electron chi connectivity index (χ0n) is 15.3. The van der Waals surface area contributed by atoms with Crippen LogP contribution in [0.5, 0.6) is 5.75 Å². The van der Waals surface area contributed by atoms with Crippen LogP contribution in [0.4, 0.5) is 0 Å². The molecule has 1 fully saturated rings. The molecule has 0 amide bonds. The second kappa shape index (κ2) is 7.46. The summed E-state index contributed by atoms with van der Waals surface area (Å²) in [6.45, 7) is 1.65. The van der Waals surface area contributed by atoms with Gasteiger partial charge in [-0.25, -0.2) is 8.42 Å². The van der Waals surface area contributed by atoms with Crippen LogP contribution in [0.1, 0.15) is 18.4 Å². The first-order chi connectivity index (χ1) is 13.3. The Balaban J connectivity index is 2.11. The fourth-order valence-corrected chi connectivity index (χ4v) is 5.84. The first kappa shape index (κ1) is 20.2. The summed E-state index contributed by atoms with van der Waals surface area (Å²) in [5.74, 6) is -1.09. The predicted molar refractivity (Wildman–Crippen MR) is 103 cm³/mol. The summed E-state index contributed by atoms with van der Waals surface area (Å²) >= 11 is 5.85. The van der Waals surface area contributed by atoms with Gasteiger partial charge in [-0.3, -0.25) is 4.79 Å². The van der Waals surface area contributed by atoms with Gasteiger partial charge in [0.2, 0.25) is 0 Å². The minimum atomic E-state index is -3.99. The fourth-order valence-electron chi connectivity index (χ4n) is 3.47. The zero-order valence-corrected chi connectivity index (χ0v) is 16.8. The van der Waals surface area contributed by atoms with Gasteiger partial charge in [-0.2, -0.15) is 5.26 Å². The second-order valence-electron chi connectivity index (χ2n) is 6.37. The van der Waals surface area contributed by atoms with Crippen molar-refractivity contribution in [2.75, 3.05) is 13.7 Å². The quantitative estimate of drug-likeness (QED) is 0.666. The Morgan fingerprint density at radius 1 is 1.18 bits per heavy atom. The molecule has 0 heterocycles. The Labute approximate surface area is 168 Å². The van der Waals surface area contributed by atoms with Gasteiger partial charge in [0.15, 0.2) is 15.3 Å². The Bertz CT molecular complexity index is 1030. The van der Waals surface area contributed by atoms with E-state index in [1.54, 1.807) is 31.2 Å². The van der Waals surface area contributed by atoms with Crippen molar-refractivity contribution in [1.82, 2.24) is 0 Å². The monoisotopic (exact) mass is 419 g/mol. The van der Waals surface area contributed by atoms with Crippen molar-refractivity contribution >= 4 is 27.4 Å². The zero-order chi connectivity index (χ0) is 20.5. The van der Waals surface area contributed by atoms with Crippen molar-refractivity contribution in [2.24, 2.45) is 5.41 Å². The maximum Gasteiger partial charge on any atom is 0.328 e. The maximum absolute atomic E-state index is 13.3. The van der Waals surface area contributed by atoms with E-state index in [2.05, 4.69) is 0 Å². The van der Waals surface area contributed by atoms with Crippen molar-refractivity contribution in [2.45, 2.75) is 23.0 Å². The van der Waals surface area contributed by atoms with Gasteiger partial charge in [0.25, 0.3) is 0 Å². The van der Waals surface area contributed by atoms with Gasteiger partial charge in [0, 0.05) is 10.9 Å². The third-order valence-corrected chi connectivity index (χ3v) is 7.38. The summed E-state index contributed by atoms with van der Waals surface area (Å²) in [6.07, 6.45) is 0. The highest BCUT2D eigenvalue weighted by molar-refractivity contribution is 7.92. The summed E-state index contributed by atoms with van der Waals surface area (Å²) < 4.78 is 36.7. The summed E-state index contributed by atoms with van der Waals surface area (Å²) in [7, 11) is -2.48. The molecule has 146 valence electrons. The summed E-state index contributed by atoms with van der Waals surface area (Å²) in [5.41, 5.74) is -1.25. The maximum atomic E-state index is 13.3. The number of rotatable bonds is 6.